The Bertz CT molecular complexity index is 470. The lowest BCUT2D eigenvalue weighted by Crippen LogP contribution is -2.25. The Morgan fingerprint density at radius 1 is 1.26 bits per heavy atom. The summed E-state index contributed by atoms with van der Waals surface area (Å²) in [4.78, 5) is 4.24. The number of rotatable bonds is 3. The Morgan fingerprint density at radius 3 is 2.84 bits per heavy atom. The molecule has 1 saturated heterocycles. The Morgan fingerprint density at radius 2 is 2.11 bits per heavy atom. The van der Waals surface area contributed by atoms with Gasteiger partial charge in [0.2, 0.25) is 0 Å². The fourth-order valence-corrected chi connectivity index (χ4v) is 2.34. The van der Waals surface area contributed by atoms with Crippen LogP contribution in [0.1, 0.15) is 24.4 Å². The molecule has 2 aliphatic rings. The van der Waals surface area contributed by atoms with E-state index in [4.69, 9.17) is 19.9 Å². The van der Waals surface area contributed by atoms with Crippen molar-refractivity contribution < 1.29 is 14.2 Å². The monoisotopic (exact) mass is 262 g/mol. The maximum absolute atomic E-state index is 5.98. The van der Waals surface area contributed by atoms with Crippen molar-refractivity contribution in [2.24, 2.45) is 10.7 Å². The van der Waals surface area contributed by atoms with Gasteiger partial charge in [-0.25, -0.2) is 4.99 Å². The van der Waals surface area contributed by atoms with E-state index in [0.29, 0.717) is 6.61 Å². The molecule has 1 atom stereocenters. The summed E-state index contributed by atoms with van der Waals surface area (Å²) in [7, 11) is 0. The van der Waals surface area contributed by atoms with Crippen LogP contribution >= 0.6 is 0 Å². The van der Waals surface area contributed by atoms with Gasteiger partial charge in [-0.05, 0) is 17.7 Å². The van der Waals surface area contributed by atoms with Crippen molar-refractivity contribution in [3.63, 3.8) is 0 Å². The van der Waals surface area contributed by atoms with Crippen LogP contribution in [0.25, 0.3) is 0 Å². The van der Waals surface area contributed by atoms with Crippen LogP contribution in [0.5, 0.6) is 5.75 Å². The minimum absolute atomic E-state index is 0.0155. The first-order chi connectivity index (χ1) is 9.31. The van der Waals surface area contributed by atoms with Gasteiger partial charge in [0.15, 0.2) is 0 Å². The molecule has 1 fully saturated rings. The van der Waals surface area contributed by atoms with E-state index in [1.54, 1.807) is 0 Å². The minimum Gasteiger partial charge on any atom is -0.490 e. The predicted octanol–water partition coefficient (Wildman–Crippen LogP) is 1.63. The fraction of sp³-hybridized carbons (Fsp3) is 0.500. The summed E-state index contributed by atoms with van der Waals surface area (Å²) in [5.41, 5.74) is 6.61. The van der Waals surface area contributed by atoms with Gasteiger partial charge in [-0.1, -0.05) is 12.1 Å². The zero-order valence-corrected chi connectivity index (χ0v) is 10.7. The van der Waals surface area contributed by atoms with Crippen molar-refractivity contribution in [1.82, 2.24) is 0 Å². The summed E-state index contributed by atoms with van der Waals surface area (Å²) >= 11 is 0. The van der Waals surface area contributed by atoms with Crippen LogP contribution in [0.2, 0.25) is 0 Å². The molecule has 2 N–H and O–H groups in total. The summed E-state index contributed by atoms with van der Waals surface area (Å²) in [5.74, 6) is 0.880. The van der Waals surface area contributed by atoms with E-state index < -0.39 is 0 Å². The van der Waals surface area contributed by atoms with Gasteiger partial charge in [-0.15, -0.1) is 0 Å². The summed E-state index contributed by atoms with van der Waals surface area (Å²) in [6.07, 6.45) is 2.14. The molecule has 1 unspecified atom stereocenters. The van der Waals surface area contributed by atoms with Crippen LogP contribution in [-0.4, -0.2) is 31.9 Å². The van der Waals surface area contributed by atoms with Gasteiger partial charge in [0.25, 0.3) is 6.02 Å². The van der Waals surface area contributed by atoms with Crippen LogP contribution in [0, 0.1) is 0 Å². The molecule has 102 valence electrons. The molecule has 0 spiro atoms. The van der Waals surface area contributed by atoms with E-state index in [9.17, 15) is 0 Å². The van der Waals surface area contributed by atoms with Gasteiger partial charge in [0.05, 0.1) is 13.2 Å². The highest BCUT2D eigenvalue weighted by Crippen LogP contribution is 2.26. The number of hydrogen-bond acceptors (Lipinski definition) is 5. The quantitative estimate of drug-likeness (QED) is 0.899. The van der Waals surface area contributed by atoms with Gasteiger partial charge in [-0.3, -0.25) is 0 Å². The maximum atomic E-state index is 5.98. The Hall–Kier alpha value is -1.75. The van der Waals surface area contributed by atoms with Crippen LogP contribution < -0.4 is 10.5 Å². The highest BCUT2D eigenvalue weighted by atomic mass is 16.5. The number of benzene rings is 1. The second-order valence-electron chi connectivity index (χ2n) is 4.80. The smallest absolute Gasteiger partial charge is 0.282 e. The molecule has 1 aromatic carbocycles. The molecule has 0 bridgehead atoms. The van der Waals surface area contributed by atoms with Gasteiger partial charge in [0.1, 0.15) is 24.5 Å². The summed E-state index contributed by atoms with van der Waals surface area (Å²) < 4.78 is 16.5. The minimum atomic E-state index is -0.0155. The van der Waals surface area contributed by atoms with Crippen LogP contribution in [0.15, 0.2) is 29.3 Å². The molecule has 0 saturated carbocycles. The predicted molar refractivity (Wildman–Crippen MR) is 71.2 cm³/mol. The molecule has 0 aromatic heterocycles. The Balaban J connectivity index is 1.69. The Kier molecular flexibility index (Phi) is 3.55. The second kappa shape index (κ2) is 5.48. The number of nitrogens with two attached hydrogens (primary N) is 1. The number of aliphatic imine (C=N–C) groups is 1. The van der Waals surface area contributed by atoms with E-state index >= 15 is 0 Å². The van der Waals surface area contributed by atoms with E-state index in [-0.39, 0.29) is 18.2 Å². The van der Waals surface area contributed by atoms with Crippen molar-refractivity contribution in [2.45, 2.75) is 25.0 Å². The van der Waals surface area contributed by atoms with E-state index in [1.165, 1.54) is 0 Å². The van der Waals surface area contributed by atoms with E-state index in [1.807, 2.05) is 24.3 Å². The van der Waals surface area contributed by atoms with Crippen molar-refractivity contribution >= 4 is 6.02 Å². The highest BCUT2D eigenvalue weighted by Gasteiger charge is 2.20. The number of amidine groups is 1. The van der Waals surface area contributed by atoms with Crippen LogP contribution in [-0.2, 0) is 9.47 Å². The Labute approximate surface area is 112 Å². The standard InChI is InChI=1S/C14H18N2O3/c15-14-16-13(9-18-14)10-2-1-3-12(8-10)19-11-4-6-17-7-5-11/h1-3,8,11,13H,4-7,9H2,(H2,15,16). The molecule has 3 rings (SSSR count). The second-order valence-corrected chi connectivity index (χ2v) is 4.80. The lowest BCUT2D eigenvalue weighted by Gasteiger charge is -2.23. The summed E-state index contributed by atoms with van der Waals surface area (Å²) in [6.45, 7) is 2.07. The van der Waals surface area contributed by atoms with E-state index in [0.717, 1.165) is 37.4 Å². The third-order valence-electron chi connectivity index (χ3n) is 3.39. The van der Waals surface area contributed by atoms with E-state index in [2.05, 4.69) is 4.99 Å². The van der Waals surface area contributed by atoms with Crippen LogP contribution in [0.4, 0.5) is 0 Å². The topological polar surface area (TPSA) is 66.1 Å². The summed E-state index contributed by atoms with van der Waals surface area (Å²) in [6, 6.07) is 8.24. The van der Waals surface area contributed by atoms with Gasteiger partial charge in [-0.2, -0.15) is 0 Å². The number of hydrogen-bond donors (Lipinski definition) is 1. The highest BCUT2D eigenvalue weighted by molar-refractivity contribution is 5.73. The first kappa shape index (κ1) is 12.3. The normalized spacial score (nSPS) is 23.8. The molecule has 2 heterocycles. The molecule has 19 heavy (non-hydrogen) atoms. The third-order valence-corrected chi connectivity index (χ3v) is 3.39. The molecule has 5 nitrogen and oxygen atoms in total. The molecular weight excluding hydrogens is 244 g/mol. The lowest BCUT2D eigenvalue weighted by atomic mass is 10.1. The first-order valence-corrected chi connectivity index (χ1v) is 6.62. The number of ether oxygens (including phenoxy) is 3. The number of nitrogens with zero attached hydrogens (tertiary/aromatic N) is 1. The molecule has 1 aromatic rings. The molecular formula is C14H18N2O3. The van der Waals surface area contributed by atoms with Gasteiger partial charge in [0, 0.05) is 12.8 Å². The molecule has 0 aliphatic carbocycles. The molecule has 2 aliphatic heterocycles. The zero-order valence-electron chi connectivity index (χ0n) is 10.7. The van der Waals surface area contributed by atoms with Crippen molar-refractivity contribution in [2.75, 3.05) is 19.8 Å². The lowest BCUT2D eigenvalue weighted by molar-refractivity contribution is 0.0255. The van der Waals surface area contributed by atoms with Gasteiger partial charge >= 0.3 is 0 Å². The third kappa shape index (κ3) is 2.98. The average molecular weight is 262 g/mol. The molecule has 0 amide bonds. The zero-order chi connectivity index (χ0) is 13.1. The molecule has 5 heteroatoms. The average Bonchev–Trinajstić information content (AvgIpc) is 2.87. The summed E-state index contributed by atoms with van der Waals surface area (Å²) in [5, 5.41) is 0. The molecule has 0 radical (unpaired) electrons. The van der Waals surface area contributed by atoms with Crippen LogP contribution in [0.3, 0.4) is 0 Å². The van der Waals surface area contributed by atoms with Crippen molar-refractivity contribution in [1.29, 1.82) is 0 Å². The first-order valence-electron chi connectivity index (χ1n) is 6.62. The largest absolute Gasteiger partial charge is 0.490 e. The van der Waals surface area contributed by atoms with Gasteiger partial charge < -0.3 is 19.9 Å². The maximum Gasteiger partial charge on any atom is 0.282 e. The fourth-order valence-electron chi connectivity index (χ4n) is 2.34. The van der Waals surface area contributed by atoms with Crippen molar-refractivity contribution in [3.05, 3.63) is 29.8 Å². The SMILES string of the molecule is NC1=NC(c2cccc(OC3CCOCC3)c2)CO1. The van der Waals surface area contributed by atoms with Crippen molar-refractivity contribution in [3.8, 4) is 5.75 Å².